The molecule has 2 heteroatoms. The Bertz CT molecular complexity index is 627. The number of aryl methyl sites for hydroxylation is 1. The fourth-order valence-corrected chi connectivity index (χ4v) is 4.85. The molecule has 4 unspecified atom stereocenters. The normalized spacial score (nSPS) is 42.0. The molecule has 2 nitrogen and oxygen atoms in total. The van der Waals surface area contributed by atoms with E-state index < -0.39 is 11.0 Å². The zero-order chi connectivity index (χ0) is 14.1. The Balaban J connectivity index is 1.96. The Morgan fingerprint density at radius 3 is 2.60 bits per heavy atom. The monoisotopic (exact) mass is 268 g/mol. The van der Waals surface area contributed by atoms with Crippen LogP contribution in [0.2, 0.25) is 0 Å². The molecular weight excluding hydrogens is 248 g/mol. The van der Waals surface area contributed by atoms with Crippen LogP contribution in [0, 0.1) is 24.2 Å². The third-order valence-electron chi connectivity index (χ3n) is 5.76. The van der Waals surface area contributed by atoms with Crippen LogP contribution in [0.3, 0.4) is 0 Å². The van der Waals surface area contributed by atoms with E-state index in [0.717, 1.165) is 18.6 Å². The average molecular weight is 268 g/mol. The van der Waals surface area contributed by atoms with Crippen molar-refractivity contribution in [1.82, 2.24) is 0 Å². The SMILES string of the molecule is CC1=CC2C3COC2(c2ccc(C)cc2)C(C)(C3)C1=O. The second-order valence-electron chi connectivity index (χ2n) is 6.91. The van der Waals surface area contributed by atoms with E-state index in [9.17, 15) is 4.79 Å². The average Bonchev–Trinajstić information content (AvgIpc) is 2.86. The van der Waals surface area contributed by atoms with Gasteiger partial charge in [0.05, 0.1) is 12.0 Å². The van der Waals surface area contributed by atoms with Gasteiger partial charge in [-0.15, -0.1) is 0 Å². The van der Waals surface area contributed by atoms with Crippen molar-refractivity contribution in [2.24, 2.45) is 17.3 Å². The summed E-state index contributed by atoms with van der Waals surface area (Å²) in [4.78, 5) is 12.8. The van der Waals surface area contributed by atoms with Crippen LogP contribution in [0.25, 0.3) is 0 Å². The summed E-state index contributed by atoms with van der Waals surface area (Å²) < 4.78 is 6.29. The molecular formula is C18H20O2. The largest absolute Gasteiger partial charge is 0.368 e. The molecule has 0 aromatic heterocycles. The van der Waals surface area contributed by atoms with Gasteiger partial charge in [-0.1, -0.05) is 35.9 Å². The summed E-state index contributed by atoms with van der Waals surface area (Å²) in [5, 5.41) is 0. The number of Topliss-reactive ketones (excluding diaryl/α,β-unsaturated/α-hetero) is 1. The molecule has 1 saturated heterocycles. The highest BCUT2D eigenvalue weighted by Crippen LogP contribution is 2.68. The lowest BCUT2D eigenvalue weighted by molar-refractivity contribution is -0.157. The summed E-state index contributed by atoms with van der Waals surface area (Å²) in [5.41, 5.74) is 2.52. The molecule has 20 heavy (non-hydrogen) atoms. The fraction of sp³-hybridized carbons (Fsp3) is 0.500. The third-order valence-corrected chi connectivity index (χ3v) is 5.76. The fourth-order valence-electron chi connectivity index (χ4n) is 4.85. The van der Waals surface area contributed by atoms with Crippen LogP contribution in [0.15, 0.2) is 35.9 Å². The first-order valence-corrected chi connectivity index (χ1v) is 7.43. The minimum atomic E-state index is -0.429. The van der Waals surface area contributed by atoms with Gasteiger partial charge in [0, 0.05) is 5.92 Å². The van der Waals surface area contributed by atoms with E-state index >= 15 is 0 Å². The van der Waals surface area contributed by atoms with Crippen LogP contribution in [0.5, 0.6) is 0 Å². The van der Waals surface area contributed by atoms with Crippen LogP contribution in [0.4, 0.5) is 0 Å². The quantitative estimate of drug-likeness (QED) is 0.780. The molecule has 1 aromatic carbocycles. The summed E-state index contributed by atoms with van der Waals surface area (Å²) in [6, 6.07) is 8.55. The summed E-state index contributed by atoms with van der Waals surface area (Å²) in [7, 11) is 0. The second kappa shape index (κ2) is 3.62. The molecule has 1 heterocycles. The van der Waals surface area contributed by atoms with E-state index in [4.69, 9.17) is 4.74 Å². The highest BCUT2D eigenvalue weighted by molar-refractivity contribution is 6.02. The molecule has 1 saturated carbocycles. The van der Waals surface area contributed by atoms with Gasteiger partial charge in [-0.05, 0) is 44.2 Å². The van der Waals surface area contributed by atoms with Gasteiger partial charge < -0.3 is 4.74 Å². The van der Waals surface area contributed by atoms with E-state index in [-0.39, 0.29) is 5.78 Å². The van der Waals surface area contributed by atoms with Gasteiger partial charge in [0.2, 0.25) is 0 Å². The van der Waals surface area contributed by atoms with Crippen molar-refractivity contribution in [2.45, 2.75) is 32.8 Å². The van der Waals surface area contributed by atoms with Gasteiger partial charge in [-0.3, -0.25) is 4.79 Å². The number of hydrogen-bond donors (Lipinski definition) is 0. The molecule has 1 aliphatic heterocycles. The number of hydrogen-bond acceptors (Lipinski definition) is 2. The molecule has 2 fully saturated rings. The molecule has 3 aliphatic rings. The smallest absolute Gasteiger partial charge is 0.167 e. The summed E-state index contributed by atoms with van der Waals surface area (Å²) in [6.07, 6.45) is 3.13. The maximum absolute atomic E-state index is 12.8. The Kier molecular flexibility index (Phi) is 2.23. The molecule has 4 rings (SSSR count). The Morgan fingerprint density at radius 1 is 1.20 bits per heavy atom. The number of carbonyl (C=O) groups excluding carboxylic acids is 1. The summed E-state index contributed by atoms with van der Waals surface area (Å²) in [6.45, 7) is 6.94. The molecule has 4 bridgehead atoms. The van der Waals surface area contributed by atoms with Crippen LogP contribution in [0.1, 0.15) is 31.4 Å². The number of ketones is 1. The zero-order valence-corrected chi connectivity index (χ0v) is 12.3. The van der Waals surface area contributed by atoms with Crippen molar-refractivity contribution in [3.05, 3.63) is 47.0 Å². The van der Waals surface area contributed by atoms with Crippen molar-refractivity contribution in [2.75, 3.05) is 6.61 Å². The van der Waals surface area contributed by atoms with E-state index in [0.29, 0.717) is 11.8 Å². The first-order chi connectivity index (χ1) is 9.49. The molecule has 0 radical (unpaired) electrons. The molecule has 0 amide bonds. The summed E-state index contributed by atoms with van der Waals surface area (Å²) in [5.74, 6) is 1.12. The first kappa shape index (κ1) is 12.3. The molecule has 2 aliphatic carbocycles. The lowest BCUT2D eigenvalue weighted by Crippen LogP contribution is -2.51. The number of rotatable bonds is 1. The lowest BCUT2D eigenvalue weighted by Gasteiger charge is -2.47. The predicted octanol–water partition coefficient (Wildman–Crippen LogP) is 3.39. The summed E-state index contributed by atoms with van der Waals surface area (Å²) >= 11 is 0. The Hall–Kier alpha value is -1.41. The van der Waals surface area contributed by atoms with E-state index in [2.05, 4.69) is 44.2 Å². The van der Waals surface area contributed by atoms with Crippen molar-refractivity contribution in [1.29, 1.82) is 0 Å². The van der Waals surface area contributed by atoms with Crippen LogP contribution >= 0.6 is 0 Å². The predicted molar refractivity (Wildman–Crippen MR) is 77.3 cm³/mol. The lowest BCUT2D eigenvalue weighted by atomic mass is 9.62. The Labute approximate surface area is 119 Å². The van der Waals surface area contributed by atoms with Gasteiger partial charge in [0.1, 0.15) is 5.60 Å². The van der Waals surface area contributed by atoms with Gasteiger partial charge in [-0.25, -0.2) is 0 Å². The standard InChI is InChI=1S/C18H20O2/c1-11-4-6-14(7-5-11)18-15-8-12(2)16(19)17(18,3)9-13(15)10-20-18/h4-8,13,15H,9-10H2,1-3H3. The van der Waals surface area contributed by atoms with E-state index in [1.54, 1.807) is 0 Å². The van der Waals surface area contributed by atoms with Crippen molar-refractivity contribution in [3.63, 3.8) is 0 Å². The van der Waals surface area contributed by atoms with Crippen LogP contribution < -0.4 is 0 Å². The minimum Gasteiger partial charge on any atom is -0.368 e. The van der Waals surface area contributed by atoms with Crippen molar-refractivity contribution >= 4 is 5.78 Å². The topological polar surface area (TPSA) is 26.3 Å². The molecule has 4 atom stereocenters. The molecule has 104 valence electrons. The molecule has 1 aromatic rings. The zero-order valence-electron chi connectivity index (χ0n) is 12.3. The molecule has 0 spiro atoms. The van der Waals surface area contributed by atoms with Gasteiger partial charge in [0.25, 0.3) is 0 Å². The van der Waals surface area contributed by atoms with Gasteiger partial charge in [0.15, 0.2) is 5.78 Å². The van der Waals surface area contributed by atoms with Crippen LogP contribution in [-0.4, -0.2) is 12.4 Å². The third kappa shape index (κ3) is 1.17. The van der Waals surface area contributed by atoms with Gasteiger partial charge in [-0.2, -0.15) is 0 Å². The number of allylic oxidation sites excluding steroid dienone is 1. The molecule has 0 N–H and O–H groups in total. The maximum atomic E-state index is 12.8. The van der Waals surface area contributed by atoms with Crippen LogP contribution in [-0.2, 0) is 15.1 Å². The number of benzene rings is 1. The second-order valence-corrected chi connectivity index (χ2v) is 6.91. The van der Waals surface area contributed by atoms with E-state index in [1.165, 1.54) is 11.1 Å². The van der Waals surface area contributed by atoms with Crippen molar-refractivity contribution in [3.8, 4) is 0 Å². The number of ether oxygens (including phenoxy) is 1. The highest BCUT2D eigenvalue weighted by atomic mass is 16.5. The highest BCUT2D eigenvalue weighted by Gasteiger charge is 2.71. The first-order valence-electron chi connectivity index (χ1n) is 7.43. The Morgan fingerprint density at radius 2 is 1.90 bits per heavy atom. The number of carbonyl (C=O) groups is 1. The van der Waals surface area contributed by atoms with E-state index in [1.807, 2.05) is 6.92 Å². The maximum Gasteiger partial charge on any atom is 0.167 e. The van der Waals surface area contributed by atoms with Gasteiger partial charge >= 0.3 is 0 Å². The van der Waals surface area contributed by atoms with Crippen molar-refractivity contribution < 1.29 is 9.53 Å². The minimum absolute atomic E-state index is 0.275.